The highest BCUT2D eigenvalue weighted by Gasteiger charge is 2.07. The lowest BCUT2D eigenvalue weighted by Gasteiger charge is -1.88. The number of nitrogens with zero attached hydrogens (tertiary/aromatic N) is 4. The van der Waals surface area contributed by atoms with E-state index in [1.165, 1.54) is 18.5 Å². The Morgan fingerprint density at radius 1 is 1.28 bits per heavy atom. The van der Waals surface area contributed by atoms with E-state index in [2.05, 4.69) is 25.4 Å². The molecule has 0 aliphatic carbocycles. The van der Waals surface area contributed by atoms with Gasteiger partial charge in [0.2, 0.25) is 0 Å². The van der Waals surface area contributed by atoms with Gasteiger partial charge in [-0.2, -0.15) is 10.2 Å². The van der Waals surface area contributed by atoms with E-state index >= 15 is 0 Å². The molecule has 3 heterocycles. The van der Waals surface area contributed by atoms with Crippen LogP contribution in [0, 0.1) is 10.1 Å². The van der Waals surface area contributed by atoms with E-state index in [-0.39, 0.29) is 5.69 Å². The summed E-state index contributed by atoms with van der Waals surface area (Å²) in [4.78, 5) is 13.6. The fourth-order valence-corrected chi connectivity index (χ4v) is 1.19. The van der Waals surface area contributed by atoms with Crippen molar-refractivity contribution < 1.29 is 4.92 Å². The molecule has 0 saturated carbocycles. The molecule has 0 spiro atoms. The predicted molar refractivity (Wildman–Crippen MR) is 63.5 cm³/mol. The van der Waals surface area contributed by atoms with Crippen LogP contribution in [0.2, 0.25) is 0 Å². The van der Waals surface area contributed by atoms with E-state index in [0.29, 0.717) is 16.9 Å². The molecule has 3 aromatic heterocycles. The van der Waals surface area contributed by atoms with Crippen LogP contribution in [0.15, 0.2) is 30.7 Å². The van der Waals surface area contributed by atoms with E-state index in [9.17, 15) is 10.1 Å². The minimum atomic E-state index is -0.487. The molecule has 0 atom stereocenters. The molecule has 0 radical (unpaired) electrons. The number of fused-ring (bicyclic) bond motifs is 1. The lowest BCUT2D eigenvalue weighted by atomic mass is 10.3. The number of nitrogens with two attached hydrogens (primary N) is 1. The van der Waals surface area contributed by atoms with Gasteiger partial charge in [0, 0.05) is 11.5 Å². The van der Waals surface area contributed by atoms with Gasteiger partial charge < -0.3 is 5.73 Å². The van der Waals surface area contributed by atoms with Crippen molar-refractivity contribution in [1.29, 1.82) is 0 Å². The highest BCUT2D eigenvalue weighted by Crippen LogP contribution is 2.15. The Hall–Kier alpha value is -2.97. The summed E-state index contributed by atoms with van der Waals surface area (Å²) >= 11 is 0. The third-order valence-electron chi connectivity index (χ3n) is 2.01. The van der Waals surface area contributed by atoms with E-state index in [1.54, 1.807) is 12.3 Å². The Kier molecular flexibility index (Phi) is 3.14. The van der Waals surface area contributed by atoms with Gasteiger partial charge in [-0.15, -0.1) is 0 Å². The van der Waals surface area contributed by atoms with Crippen LogP contribution in [-0.4, -0.2) is 30.3 Å². The Labute approximate surface area is 100 Å². The summed E-state index contributed by atoms with van der Waals surface area (Å²) in [5.74, 6) is 0.606. The minimum absolute atomic E-state index is 0.0242. The van der Waals surface area contributed by atoms with Gasteiger partial charge in [-0.3, -0.25) is 20.3 Å². The molecular formula is C9H9N7O2. The minimum Gasteiger partial charge on any atom is -0.384 e. The largest absolute Gasteiger partial charge is 0.384 e. The maximum atomic E-state index is 10.3. The quantitative estimate of drug-likeness (QED) is 0.430. The highest BCUT2D eigenvalue weighted by molar-refractivity contribution is 5.75. The molecule has 0 aliphatic heterocycles. The SMILES string of the molecule is Nc1ccn[nH]1.O=[N+]([O-])c1cnc2[nH]ncc2c1. The summed E-state index contributed by atoms with van der Waals surface area (Å²) in [6, 6.07) is 3.12. The van der Waals surface area contributed by atoms with Crippen molar-refractivity contribution in [2.75, 3.05) is 5.73 Å². The van der Waals surface area contributed by atoms with Crippen molar-refractivity contribution in [3.63, 3.8) is 0 Å². The number of hydrogen-bond acceptors (Lipinski definition) is 6. The Balaban J connectivity index is 0.000000169. The molecule has 0 unspecified atom stereocenters. The molecule has 3 rings (SSSR count). The highest BCUT2D eigenvalue weighted by atomic mass is 16.6. The molecule has 0 fully saturated rings. The molecule has 0 aliphatic rings. The number of anilines is 1. The first-order chi connectivity index (χ1) is 8.66. The molecule has 9 heteroatoms. The summed E-state index contributed by atoms with van der Waals surface area (Å²) < 4.78 is 0. The number of hydrogen-bond donors (Lipinski definition) is 3. The average Bonchev–Trinajstić information content (AvgIpc) is 2.99. The first-order valence-electron chi connectivity index (χ1n) is 4.85. The number of nitrogen functional groups attached to an aromatic ring is 1. The lowest BCUT2D eigenvalue weighted by Crippen LogP contribution is -1.88. The van der Waals surface area contributed by atoms with Crippen molar-refractivity contribution >= 4 is 22.5 Å². The molecule has 0 amide bonds. The maximum absolute atomic E-state index is 10.3. The van der Waals surface area contributed by atoms with Gasteiger partial charge in [-0.05, 0) is 6.07 Å². The third-order valence-corrected chi connectivity index (χ3v) is 2.01. The smallest absolute Gasteiger partial charge is 0.288 e. The zero-order chi connectivity index (χ0) is 13.0. The molecule has 92 valence electrons. The van der Waals surface area contributed by atoms with E-state index in [0.717, 1.165) is 0 Å². The second-order valence-corrected chi connectivity index (χ2v) is 3.27. The van der Waals surface area contributed by atoms with Crippen molar-refractivity contribution in [1.82, 2.24) is 25.4 Å². The van der Waals surface area contributed by atoms with Gasteiger partial charge in [-0.1, -0.05) is 0 Å². The molecule has 3 aromatic rings. The fourth-order valence-electron chi connectivity index (χ4n) is 1.19. The third kappa shape index (κ3) is 2.58. The van der Waals surface area contributed by atoms with Gasteiger partial charge in [0.05, 0.1) is 17.3 Å². The second kappa shape index (κ2) is 4.91. The van der Waals surface area contributed by atoms with E-state index < -0.39 is 4.92 Å². The fraction of sp³-hybridized carbons (Fsp3) is 0. The first kappa shape index (κ1) is 11.5. The molecule has 4 N–H and O–H groups in total. The number of nitrogens with one attached hydrogen (secondary N) is 2. The van der Waals surface area contributed by atoms with Gasteiger partial charge in [0.15, 0.2) is 5.65 Å². The van der Waals surface area contributed by atoms with Gasteiger partial charge >= 0.3 is 0 Å². The van der Waals surface area contributed by atoms with E-state index in [1.807, 2.05) is 0 Å². The summed E-state index contributed by atoms with van der Waals surface area (Å²) in [5, 5.41) is 23.3. The van der Waals surface area contributed by atoms with Crippen LogP contribution in [0.5, 0.6) is 0 Å². The number of aromatic amines is 2. The van der Waals surface area contributed by atoms with Crippen molar-refractivity contribution in [2.24, 2.45) is 0 Å². The Morgan fingerprint density at radius 3 is 2.67 bits per heavy atom. The van der Waals surface area contributed by atoms with Gasteiger partial charge in [0.1, 0.15) is 12.0 Å². The van der Waals surface area contributed by atoms with Gasteiger partial charge in [-0.25, -0.2) is 4.98 Å². The van der Waals surface area contributed by atoms with Crippen molar-refractivity contribution in [3.8, 4) is 0 Å². The summed E-state index contributed by atoms with van der Waals surface area (Å²) in [5.41, 5.74) is 5.69. The Bertz CT molecular complexity index is 646. The topological polar surface area (TPSA) is 139 Å². The first-order valence-corrected chi connectivity index (χ1v) is 4.85. The van der Waals surface area contributed by atoms with Crippen LogP contribution in [0.3, 0.4) is 0 Å². The molecule has 0 aromatic carbocycles. The zero-order valence-corrected chi connectivity index (χ0v) is 9.07. The monoisotopic (exact) mass is 247 g/mol. The summed E-state index contributed by atoms with van der Waals surface area (Å²) in [6.45, 7) is 0. The standard InChI is InChI=1S/C6H4N4O2.C3H5N3/c11-10(12)5-1-4-2-8-9-6(4)7-3-5;4-3-1-2-5-6-3/h1-3H,(H,7,8,9);1-2H,(H3,4,5,6). The number of nitro groups is 1. The van der Waals surface area contributed by atoms with Gasteiger partial charge in [0.25, 0.3) is 5.69 Å². The van der Waals surface area contributed by atoms with E-state index in [4.69, 9.17) is 5.73 Å². The van der Waals surface area contributed by atoms with Crippen LogP contribution in [0.25, 0.3) is 11.0 Å². The molecule has 18 heavy (non-hydrogen) atoms. The van der Waals surface area contributed by atoms with Crippen LogP contribution >= 0.6 is 0 Å². The average molecular weight is 247 g/mol. The lowest BCUT2D eigenvalue weighted by molar-refractivity contribution is -0.385. The maximum Gasteiger partial charge on any atom is 0.288 e. The van der Waals surface area contributed by atoms with Crippen molar-refractivity contribution in [3.05, 3.63) is 40.8 Å². The van der Waals surface area contributed by atoms with Crippen LogP contribution < -0.4 is 5.73 Å². The molecular weight excluding hydrogens is 238 g/mol. The summed E-state index contributed by atoms with van der Waals surface area (Å²) in [6.07, 6.45) is 4.30. The second-order valence-electron chi connectivity index (χ2n) is 3.27. The van der Waals surface area contributed by atoms with Crippen LogP contribution in [0.1, 0.15) is 0 Å². The van der Waals surface area contributed by atoms with Crippen molar-refractivity contribution in [2.45, 2.75) is 0 Å². The number of aromatic nitrogens is 5. The predicted octanol–water partition coefficient (Wildman–Crippen LogP) is 0.858. The zero-order valence-electron chi connectivity index (χ0n) is 9.07. The Morgan fingerprint density at radius 2 is 2.11 bits per heavy atom. The van der Waals surface area contributed by atoms with Crippen LogP contribution in [-0.2, 0) is 0 Å². The number of pyridine rings is 1. The summed E-state index contributed by atoms with van der Waals surface area (Å²) in [7, 11) is 0. The van der Waals surface area contributed by atoms with Crippen LogP contribution in [0.4, 0.5) is 11.5 Å². The molecule has 0 bridgehead atoms. The molecule has 0 saturated heterocycles. The number of H-pyrrole nitrogens is 2. The number of rotatable bonds is 1. The normalized spacial score (nSPS) is 9.78. The molecule has 9 nitrogen and oxygen atoms in total.